The molecule has 3 heterocycles. The molecule has 11 aromatic rings. The maximum Gasteiger partial charge on any atom is 0.212 e. The zero-order chi connectivity index (χ0) is 35.2. The van der Waals surface area contributed by atoms with Crippen molar-refractivity contribution < 1.29 is 4.42 Å². The van der Waals surface area contributed by atoms with Crippen molar-refractivity contribution in [2.24, 2.45) is 0 Å². The summed E-state index contributed by atoms with van der Waals surface area (Å²) in [6, 6.07) is 56.4. The van der Waals surface area contributed by atoms with Crippen molar-refractivity contribution in [1.82, 2.24) is 9.13 Å². The van der Waals surface area contributed by atoms with Crippen LogP contribution in [0.2, 0.25) is 0 Å². The number of aromatic nitrogens is 2. The average Bonchev–Trinajstić information content (AvgIpc) is 3.88. The molecule has 0 aliphatic heterocycles. The standard InChI is InChI=1S/C48H26N4O/c1-50-37-27-42(51-39-21-20-31(29-11-3-2-4-12-29)25-36(39)46-33-14-6-5-13-30(33)19-22-40(46)51)32(28-49)26-43(37)52-38-17-9-7-15-34(38)47-41(52)23-24-45-48(47)35-16-8-10-18-44(35)53-45/h2-27H. The van der Waals surface area contributed by atoms with Crippen molar-refractivity contribution in [2.75, 3.05) is 0 Å². The Morgan fingerprint density at radius 2 is 1.17 bits per heavy atom. The van der Waals surface area contributed by atoms with Crippen LogP contribution in [0.4, 0.5) is 5.69 Å². The van der Waals surface area contributed by atoms with Crippen molar-refractivity contribution in [1.29, 1.82) is 5.26 Å². The maximum absolute atomic E-state index is 10.9. The molecule has 0 fully saturated rings. The van der Waals surface area contributed by atoms with E-state index in [0.717, 1.165) is 87.4 Å². The van der Waals surface area contributed by atoms with Crippen molar-refractivity contribution in [3.63, 3.8) is 0 Å². The van der Waals surface area contributed by atoms with E-state index in [1.54, 1.807) is 0 Å². The Morgan fingerprint density at radius 3 is 2.02 bits per heavy atom. The first-order valence-corrected chi connectivity index (χ1v) is 17.5. The fourth-order valence-electron chi connectivity index (χ4n) is 8.50. The summed E-state index contributed by atoms with van der Waals surface area (Å²) < 4.78 is 10.6. The maximum atomic E-state index is 10.9. The topological polar surface area (TPSA) is 51.1 Å². The molecule has 244 valence electrons. The second kappa shape index (κ2) is 10.9. The van der Waals surface area contributed by atoms with Crippen LogP contribution in [0, 0.1) is 17.9 Å². The fourth-order valence-corrected chi connectivity index (χ4v) is 8.50. The van der Waals surface area contributed by atoms with Gasteiger partial charge in [-0.15, -0.1) is 0 Å². The summed E-state index contributed by atoms with van der Waals surface area (Å²) in [7, 11) is 0. The lowest BCUT2D eigenvalue weighted by atomic mass is 10.0. The van der Waals surface area contributed by atoms with Crippen LogP contribution in [-0.4, -0.2) is 9.13 Å². The van der Waals surface area contributed by atoms with E-state index < -0.39 is 0 Å². The highest BCUT2D eigenvalue weighted by atomic mass is 16.3. The van der Waals surface area contributed by atoms with E-state index in [1.807, 2.05) is 54.6 Å². The highest BCUT2D eigenvalue weighted by molar-refractivity contribution is 6.27. The van der Waals surface area contributed by atoms with E-state index in [-0.39, 0.29) is 0 Å². The van der Waals surface area contributed by atoms with Crippen molar-refractivity contribution in [3.05, 3.63) is 175 Å². The number of furan rings is 1. The van der Waals surface area contributed by atoms with Gasteiger partial charge in [0.05, 0.1) is 45.6 Å². The largest absolute Gasteiger partial charge is 0.456 e. The summed E-state index contributed by atoms with van der Waals surface area (Å²) in [6.07, 6.45) is 0. The Bertz CT molecular complexity index is 3420. The van der Waals surface area contributed by atoms with E-state index in [9.17, 15) is 5.26 Å². The number of hydrogen-bond acceptors (Lipinski definition) is 2. The molecule has 11 rings (SSSR count). The lowest BCUT2D eigenvalue weighted by Gasteiger charge is -2.16. The van der Waals surface area contributed by atoms with Gasteiger partial charge in [0.25, 0.3) is 0 Å². The number of benzene rings is 8. The third-order valence-corrected chi connectivity index (χ3v) is 10.8. The molecule has 0 N–H and O–H groups in total. The van der Waals surface area contributed by atoms with E-state index in [4.69, 9.17) is 11.0 Å². The minimum Gasteiger partial charge on any atom is -0.456 e. The molecule has 0 saturated heterocycles. The van der Waals surface area contributed by atoms with E-state index in [1.165, 1.54) is 0 Å². The normalized spacial score (nSPS) is 11.7. The second-order valence-corrected chi connectivity index (χ2v) is 13.5. The van der Waals surface area contributed by atoms with Crippen molar-refractivity contribution in [2.45, 2.75) is 0 Å². The minimum absolute atomic E-state index is 0.454. The van der Waals surface area contributed by atoms with Gasteiger partial charge >= 0.3 is 0 Å². The predicted octanol–water partition coefficient (Wildman–Crippen LogP) is 13.0. The fraction of sp³-hybridized carbons (Fsp3) is 0. The zero-order valence-electron chi connectivity index (χ0n) is 28.2. The number of nitrogens with zero attached hydrogens (tertiary/aromatic N) is 4. The second-order valence-electron chi connectivity index (χ2n) is 13.5. The van der Waals surface area contributed by atoms with Crippen LogP contribution in [0.3, 0.4) is 0 Å². The molecule has 0 spiro atoms. The molecule has 0 radical (unpaired) electrons. The van der Waals surface area contributed by atoms with Gasteiger partial charge in [-0.1, -0.05) is 103 Å². The van der Waals surface area contributed by atoms with E-state index in [0.29, 0.717) is 22.6 Å². The average molecular weight is 675 g/mol. The number of hydrogen-bond donors (Lipinski definition) is 0. The minimum atomic E-state index is 0.454. The van der Waals surface area contributed by atoms with Gasteiger partial charge in [0, 0.05) is 32.3 Å². The number of nitriles is 1. The summed E-state index contributed by atoms with van der Waals surface area (Å²) in [5, 5.41) is 19.6. The summed E-state index contributed by atoms with van der Waals surface area (Å²) in [5.41, 5.74) is 10.0. The van der Waals surface area contributed by atoms with Gasteiger partial charge in [0.2, 0.25) is 5.69 Å². The van der Waals surface area contributed by atoms with Gasteiger partial charge in [0.15, 0.2) is 0 Å². The number of rotatable bonds is 3. The first kappa shape index (κ1) is 29.2. The predicted molar refractivity (Wildman–Crippen MR) is 216 cm³/mol. The van der Waals surface area contributed by atoms with Crippen molar-refractivity contribution in [3.8, 4) is 28.6 Å². The van der Waals surface area contributed by atoms with Crippen LogP contribution in [-0.2, 0) is 0 Å². The van der Waals surface area contributed by atoms with E-state index in [2.05, 4.69) is 123 Å². The molecule has 8 aromatic carbocycles. The van der Waals surface area contributed by atoms with Crippen LogP contribution in [0.25, 0.3) is 104 Å². The molecule has 0 unspecified atom stereocenters. The molecule has 0 amide bonds. The lowest BCUT2D eigenvalue weighted by Crippen LogP contribution is -2.01. The molecule has 0 bridgehead atoms. The smallest absolute Gasteiger partial charge is 0.212 e. The number of fused-ring (bicyclic) bond motifs is 12. The molecule has 0 aliphatic rings. The summed E-state index contributed by atoms with van der Waals surface area (Å²) in [5.74, 6) is 0. The summed E-state index contributed by atoms with van der Waals surface area (Å²) in [6.45, 7) is 8.53. The van der Waals surface area contributed by atoms with Crippen LogP contribution >= 0.6 is 0 Å². The van der Waals surface area contributed by atoms with Gasteiger partial charge in [-0.3, -0.25) is 0 Å². The Hall–Kier alpha value is -7.60. The van der Waals surface area contributed by atoms with Crippen LogP contribution in [0.15, 0.2) is 162 Å². The van der Waals surface area contributed by atoms with Gasteiger partial charge < -0.3 is 13.6 Å². The lowest BCUT2D eigenvalue weighted by molar-refractivity contribution is 0.669. The SMILES string of the molecule is [C-]#[N+]c1cc(-n2c3ccc(-c4ccccc4)cc3c3c4ccccc4ccc32)c(C#N)cc1-n1c2ccccc2c2c3c(ccc21)oc1ccccc13. The Balaban J connectivity index is 1.22. The Kier molecular flexibility index (Phi) is 6.02. The molecule has 0 aliphatic carbocycles. The molecule has 0 saturated carbocycles. The zero-order valence-corrected chi connectivity index (χ0v) is 28.2. The number of para-hydroxylation sites is 2. The Labute approximate surface area is 303 Å². The molecule has 5 nitrogen and oxygen atoms in total. The molecule has 5 heteroatoms. The third kappa shape index (κ3) is 4.05. The van der Waals surface area contributed by atoms with Crippen LogP contribution in [0.1, 0.15) is 5.56 Å². The van der Waals surface area contributed by atoms with Gasteiger partial charge in [-0.25, -0.2) is 4.85 Å². The van der Waals surface area contributed by atoms with Gasteiger partial charge in [-0.05, 0) is 76.5 Å². The molecule has 0 atom stereocenters. The van der Waals surface area contributed by atoms with Gasteiger partial charge in [0.1, 0.15) is 17.2 Å². The summed E-state index contributed by atoms with van der Waals surface area (Å²) >= 11 is 0. The summed E-state index contributed by atoms with van der Waals surface area (Å²) in [4.78, 5) is 4.14. The molecule has 53 heavy (non-hydrogen) atoms. The van der Waals surface area contributed by atoms with Crippen molar-refractivity contribution >= 4 is 82.0 Å². The highest BCUT2D eigenvalue weighted by Gasteiger charge is 2.23. The third-order valence-electron chi connectivity index (χ3n) is 10.8. The van der Waals surface area contributed by atoms with E-state index >= 15 is 0 Å². The molecule has 3 aromatic heterocycles. The first-order chi connectivity index (χ1) is 26.2. The van der Waals surface area contributed by atoms with Crippen LogP contribution < -0.4 is 0 Å². The van der Waals surface area contributed by atoms with Crippen LogP contribution in [0.5, 0.6) is 0 Å². The molecular formula is C48H26N4O. The highest BCUT2D eigenvalue weighted by Crippen LogP contribution is 2.45. The molecular weight excluding hydrogens is 649 g/mol. The first-order valence-electron chi connectivity index (χ1n) is 17.5. The Morgan fingerprint density at radius 1 is 0.491 bits per heavy atom. The van der Waals surface area contributed by atoms with Gasteiger partial charge in [-0.2, -0.15) is 5.26 Å². The monoisotopic (exact) mass is 674 g/mol. The quantitative estimate of drug-likeness (QED) is 0.175.